The van der Waals surface area contributed by atoms with Gasteiger partial charge < -0.3 is 58.2 Å². The molecule has 0 radical (unpaired) electrons. The molecular formula is C59H65NO18. The standard InChI is InChI=1S/C59H65NO18/c1-34-40(73-51(65)46(75-54(68)71-32-37-23-15-10-16-24-37)44(38-25-17-11-18-26-38)60-52(66)78-55(3,4)5)30-59(69)49(76-50(64)39-27-19-12-20-28-39)47-57(8,41(62)29-42-58(47,33-72-42)77-35(2)61)48(63)45(43(34)56(59,6)7)74-53(67)70-31-36-21-13-9-14-22-36/h9-28,40-42,44-47,49,62,69H,29-33H2,1-8H3,(H,60,66)/t40-,41-,42+,44-,45+,46+,47?,49?,57+,58-,59+/m0/s1. The molecule has 2 saturated carbocycles. The summed E-state index contributed by atoms with van der Waals surface area (Å²) in [5, 5.41) is 29.2. The summed E-state index contributed by atoms with van der Waals surface area (Å²) in [7, 11) is 0. The second-order valence-electron chi connectivity index (χ2n) is 21.8. The van der Waals surface area contributed by atoms with Crippen molar-refractivity contribution in [2.75, 3.05) is 6.61 Å². The molecule has 4 aromatic rings. The number of fused-ring (bicyclic) bond motifs is 5. The van der Waals surface area contributed by atoms with Crippen LogP contribution in [0.4, 0.5) is 14.4 Å². The summed E-state index contributed by atoms with van der Waals surface area (Å²) in [6, 6.07) is 31.5. The first kappa shape index (κ1) is 56.6. The molecule has 1 heterocycles. The number of Topliss-reactive ketones (excluding diaryl/α,β-unsaturated/α-hetero) is 1. The fourth-order valence-electron chi connectivity index (χ4n) is 11.4. The smallest absolute Gasteiger partial charge is 0.455 e. The molecule has 1 aliphatic heterocycles. The van der Waals surface area contributed by atoms with Crippen molar-refractivity contribution in [3.8, 4) is 0 Å². The number of hydrogen-bond donors (Lipinski definition) is 3. The summed E-state index contributed by atoms with van der Waals surface area (Å²) in [4.78, 5) is 101. The van der Waals surface area contributed by atoms with E-state index in [-0.39, 0.29) is 48.5 Å². The highest BCUT2D eigenvalue weighted by molar-refractivity contribution is 5.95. The average molecular weight is 1080 g/mol. The number of carbonyl (C=O) groups excluding carboxylic acids is 7. The van der Waals surface area contributed by atoms with E-state index in [1.54, 1.807) is 130 Å². The third kappa shape index (κ3) is 11.2. The topological polar surface area (TPSA) is 255 Å². The molecule has 3 aliphatic carbocycles. The Morgan fingerprint density at radius 1 is 0.769 bits per heavy atom. The zero-order chi connectivity index (χ0) is 56.4. The van der Waals surface area contributed by atoms with Crippen LogP contribution in [0.15, 0.2) is 132 Å². The number of aliphatic hydroxyl groups is 2. The van der Waals surface area contributed by atoms with Crippen LogP contribution in [-0.2, 0) is 70.2 Å². The number of nitrogens with one attached hydrogen (secondary N) is 1. The molecule has 4 aliphatic rings. The maximum absolute atomic E-state index is 16.1. The lowest BCUT2D eigenvalue weighted by Crippen LogP contribution is -2.82. The Morgan fingerprint density at radius 3 is 1.86 bits per heavy atom. The number of alkyl carbamates (subject to hydrolysis) is 1. The van der Waals surface area contributed by atoms with Crippen molar-refractivity contribution in [1.82, 2.24) is 5.32 Å². The first-order chi connectivity index (χ1) is 36.9. The van der Waals surface area contributed by atoms with Gasteiger partial charge >= 0.3 is 36.3 Å². The minimum Gasteiger partial charge on any atom is -0.455 e. The van der Waals surface area contributed by atoms with Crippen LogP contribution < -0.4 is 5.32 Å². The van der Waals surface area contributed by atoms with Gasteiger partial charge in [0.05, 0.1) is 29.6 Å². The molecule has 8 rings (SSSR count). The van der Waals surface area contributed by atoms with Gasteiger partial charge in [0.2, 0.25) is 6.10 Å². The number of benzene rings is 4. The van der Waals surface area contributed by atoms with Gasteiger partial charge in [0.25, 0.3) is 0 Å². The molecule has 19 nitrogen and oxygen atoms in total. The largest absolute Gasteiger partial charge is 0.509 e. The number of amides is 1. The normalized spacial score (nSPS) is 27.7. The fraction of sp³-hybridized carbons (Fsp3) is 0.441. The van der Waals surface area contributed by atoms with Crippen molar-refractivity contribution >= 4 is 42.1 Å². The van der Waals surface area contributed by atoms with Gasteiger partial charge in [-0.25, -0.2) is 24.0 Å². The van der Waals surface area contributed by atoms with Crippen LogP contribution in [0.2, 0.25) is 0 Å². The molecule has 1 saturated heterocycles. The molecule has 19 heteroatoms. The SMILES string of the molecule is CC(=O)O[C@@]12CO[C@@H]1C[C@H](O)[C@@]1(C)C(=O)[C@H](OC(=O)OCc3ccccc3)C3=C(C)[C@@H](OC(=O)[C@H](OC(=O)OCc4ccccc4)[C@@H](NC(=O)OC(C)(C)C)c4ccccc4)C[C@@](O)(C(OC(=O)c4ccccc4)C12)C3(C)C. The summed E-state index contributed by atoms with van der Waals surface area (Å²) in [6.45, 7) is 10.9. The maximum atomic E-state index is 16.1. The van der Waals surface area contributed by atoms with E-state index < -0.39 is 125 Å². The summed E-state index contributed by atoms with van der Waals surface area (Å²) in [5.74, 6) is -5.79. The summed E-state index contributed by atoms with van der Waals surface area (Å²) in [6.07, 6.45) is -15.2. The van der Waals surface area contributed by atoms with Gasteiger partial charge in [-0.3, -0.25) is 9.59 Å². The van der Waals surface area contributed by atoms with Gasteiger partial charge in [-0.1, -0.05) is 123 Å². The van der Waals surface area contributed by atoms with Crippen molar-refractivity contribution in [2.45, 2.75) is 141 Å². The quantitative estimate of drug-likeness (QED) is 0.0614. The van der Waals surface area contributed by atoms with Crippen molar-refractivity contribution in [3.05, 3.63) is 155 Å². The van der Waals surface area contributed by atoms with Gasteiger partial charge in [-0.15, -0.1) is 0 Å². The molecule has 78 heavy (non-hydrogen) atoms. The lowest BCUT2D eigenvalue weighted by molar-refractivity contribution is -0.346. The molecule has 2 bridgehead atoms. The molecular weight excluding hydrogens is 1010 g/mol. The lowest BCUT2D eigenvalue weighted by Gasteiger charge is -2.67. The van der Waals surface area contributed by atoms with E-state index in [4.69, 9.17) is 42.6 Å². The minimum atomic E-state index is -2.55. The summed E-state index contributed by atoms with van der Waals surface area (Å²) in [5.41, 5.74) is -8.18. The van der Waals surface area contributed by atoms with Crippen molar-refractivity contribution < 1.29 is 86.4 Å². The predicted molar refractivity (Wildman–Crippen MR) is 275 cm³/mol. The highest BCUT2D eigenvalue weighted by Gasteiger charge is 2.78. The average Bonchev–Trinajstić information content (AvgIpc) is 3.03. The van der Waals surface area contributed by atoms with Crippen LogP contribution in [0.5, 0.6) is 0 Å². The Balaban J connectivity index is 1.30. The van der Waals surface area contributed by atoms with Gasteiger partial charge in [0.1, 0.15) is 48.8 Å². The van der Waals surface area contributed by atoms with Crippen molar-refractivity contribution in [1.29, 1.82) is 0 Å². The Bertz CT molecular complexity index is 2910. The van der Waals surface area contributed by atoms with Crippen LogP contribution in [0.3, 0.4) is 0 Å². The van der Waals surface area contributed by atoms with Crippen LogP contribution >= 0.6 is 0 Å². The van der Waals surface area contributed by atoms with E-state index in [0.29, 0.717) is 11.1 Å². The second kappa shape index (κ2) is 22.4. The maximum Gasteiger partial charge on any atom is 0.509 e. The third-order valence-electron chi connectivity index (χ3n) is 15.4. The van der Waals surface area contributed by atoms with E-state index in [9.17, 15) is 34.2 Å². The number of hydrogen-bond acceptors (Lipinski definition) is 18. The summed E-state index contributed by atoms with van der Waals surface area (Å²) < 4.78 is 53.7. The molecule has 2 unspecified atom stereocenters. The highest BCUT2D eigenvalue weighted by Crippen LogP contribution is 2.64. The van der Waals surface area contributed by atoms with Crippen LogP contribution in [-0.4, -0.2) is 112 Å². The van der Waals surface area contributed by atoms with E-state index in [1.807, 2.05) is 0 Å². The molecule has 0 spiro atoms. The third-order valence-corrected chi connectivity index (χ3v) is 15.4. The summed E-state index contributed by atoms with van der Waals surface area (Å²) >= 11 is 0. The molecule has 0 aromatic heterocycles. The number of carbonyl (C=O) groups is 7. The van der Waals surface area contributed by atoms with Gasteiger partial charge in [0.15, 0.2) is 17.5 Å². The molecule has 414 valence electrons. The van der Waals surface area contributed by atoms with Gasteiger partial charge in [-0.05, 0) is 74.6 Å². The number of aliphatic hydroxyl groups excluding tert-OH is 1. The zero-order valence-corrected chi connectivity index (χ0v) is 44.6. The van der Waals surface area contributed by atoms with Crippen molar-refractivity contribution in [2.24, 2.45) is 16.7 Å². The van der Waals surface area contributed by atoms with E-state index in [2.05, 4.69) is 5.32 Å². The molecule has 4 aromatic carbocycles. The Morgan fingerprint density at radius 2 is 1.32 bits per heavy atom. The first-order valence-corrected chi connectivity index (χ1v) is 25.6. The van der Waals surface area contributed by atoms with Crippen LogP contribution in [0, 0.1) is 16.7 Å². The predicted octanol–water partition coefficient (Wildman–Crippen LogP) is 7.98. The van der Waals surface area contributed by atoms with E-state index >= 15 is 9.59 Å². The molecule has 11 atom stereocenters. The monoisotopic (exact) mass is 1080 g/mol. The highest BCUT2D eigenvalue weighted by atomic mass is 16.7. The Labute approximate surface area is 451 Å². The zero-order valence-electron chi connectivity index (χ0n) is 44.6. The van der Waals surface area contributed by atoms with E-state index in [0.717, 1.165) is 6.92 Å². The van der Waals surface area contributed by atoms with Crippen LogP contribution in [0.1, 0.15) is 101 Å². The number of ether oxygens (including phenoxy) is 9. The number of ketones is 1. The fourth-order valence-corrected chi connectivity index (χ4v) is 11.4. The second-order valence-corrected chi connectivity index (χ2v) is 21.8. The number of esters is 3. The van der Waals surface area contributed by atoms with Crippen LogP contribution in [0.25, 0.3) is 0 Å². The number of rotatable bonds is 14. The lowest BCUT2D eigenvalue weighted by atomic mass is 9.44. The molecule has 1 amide bonds. The molecule has 3 fully saturated rings. The minimum absolute atomic E-state index is 0.0185. The first-order valence-electron chi connectivity index (χ1n) is 25.6. The van der Waals surface area contributed by atoms with Gasteiger partial charge in [-0.2, -0.15) is 0 Å². The Hall–Kier alpha value is -7.61. The Kier molecular flexibility index (Phi) is 16.2. The molecule has 3 N–H and O–H groups in total. The van der Waals surface area contributed by atoms with E-state index in [1.165, 1.54) is 39.8 Å². The van der Waals surface area contributed by atoms with Gasteiger partial charge in [0, 0.05) is 25.2 Å². The van der Waals surface area contributed by atoms with Crippen molar-refractivity contribution in [3.63, 3.8) is 0 Å².